The van der Waals surface area contributed by atoms with Crippen LogP contribution in [-0.4, -0.2) is 34.2 Å². The molecule has 0 aliphatic carbocycles. The maximum atomic E-state index is 13.2. The van der Waals surface area contributed by atoms with Crippen LogP contribution in [0.2, 0.25) is 0 Å². The molecule has 6 nitrogen and oxygen atoms in total. The zero-order valence-electron chi connectivity index (χ0n) is 16.2. The minimum absolute atomic E-state index is 0.198. The molecular formula is C21H25FN6. The van der Waals surface area contributed by atoms with E-state index in [9.17, 15) is 4.39 Å². The second-order valence-corrected chi connectivity index (χ2v) is 6.48. The topological polar surface area (TPSA) is 78.0 Å². The van der Waals surface area contributed by atoms with Gasteiger partial charge in [0.05, 0.1) is 6.54 Å². The van der Waals surface area contributed by atoms with E-state index in [1.54, 1.807) is 6.07 Å². The number of H-pyrrole nitrogens is 1. The Bertz CT molecular complexity index is 920. The smallest absolute Gasteiger partial charge is 0.191 e. The van der Waals surface area contributed by atoms with E-state index in [-0.39, 0.29) is 5.82 Å². The Balaban J connectivity index is 1.60. The van der Waals surface area contributed by atoms with Gasteiger partial charge in [-0.05, 0) is 55.2 Å². The maximum absolute atomic E-state index is 13.2. The maximum Gasteiger partial charge on any atom is 0.191 e. The van der Waals surface area contributed by atoms with E-state index >= 15 is 0 Å². The van der Waals surface area contributed by atoms with E-state index in [0.717, 1.165) is 53.5 Å². The predicted molar refractivity (Wildman–Crippen MR) is 109 cm³/mol. The lowest BCUT2D eigenvalue weighted by Gasteiger charge is -2.12. The number of halogens is 1. The van der Waals surface area contributed by atoms with Crippen LogP contribution in [0, 0.1) is 12.7 Å². The van der Waals surface area contributed by atoms with Crippen molar-refractivity contribution in [2.75, 3.05) is 13.1 Å². The molecule has 0 aliphatic rings. The van der Waals surface area contributed by atoms with Gasteiger partial charge in [-0.3, -0.25) is 5.10 Å². The van der Waals surface area contributed by atoms with Gasteiger partial charge in [-0.25, -0.2) is 14.4 Å². The molecule has 3 rings (SSSR count). The number of aromatic nitrogens is 3. The van der Waals surface area contributed by atoms with Crippen LogP contribution in [0.1, 0.15) is 23.6 Å². The van der Waals surface area contributed by atoms with Crippen molar-refractivity contribution in [1.29, 1.82) is 0 Å². The molecule has 0 aliphatic heterocycles. The number of aliphatic imine (C=N–C) groups is 1. The highest BCUT2D eigenvalue weighted by Crippen LogP contribution is 2.16. The van der Waals surface area contributed by atoms with Gasteiger partial charge >= 0.3 is 0 Å². The summed E-state index contributed by atoms with van der Waals surface area (Å²) in [6.45, 7) is 6.01. The largest absolute Gasteiger partial charge is 0.357 e. The standard InChI is InChI=1S/C21H25FN6/c1-3-23-21(24-10-9-17-7-8-19(22)11-15(17)2)25-13-16-5-4-6-18(12-16)20-26-14-27-28-20/h4-8,11-12,14H,3,9-10,13H2,1-2H3,(H2,23,24,25)(H,26,27,28). The third-order valence-electron chi connectivity index (χ3n) is 4.37. The number of hydrogen-bond acceptors (Lipinski definition) is 3. The molecule has 146 valence electrons. The third-order valence-corrected chi connectivity index (χ3v) is 4.37. The van der Waals surface area contributed by atoms with Gasteiger partial charge in [0, 0.05) is 18.7 Å². The summed E-state index contributed by atoms with van der Waals surface area (Å²) in [6, 6.07) is 13.0. The van der Waals surface area contributed by atoms with E-state index in [1.807, 2.05) is 38.1 Å². The van der Waals surface area contributed by atoms with Crippen molar-refractivity contribution in [2.45, 2.75) is 26.8 Å². The quantitative estimate of drug-likeness (QED) is 0.434. The molecule has 0 radical (unpaired) electrons. The molecule has 0 amide bonds. The molecule has 3 aromatic rings. The Morgan fingerprint density at radius 3 is 2.82 bits per heavy atom. The minimum Gasteiger partial charge on any atom is -0.357 e. The first kappa shape index (κ1) is 19.5. The molecule has 28 heavy (non-hydrogen) atoms. The number of hydrogen-bond donors (Lipinski definition) is 3. The van der Waals surface area contributed by atoms with Gasteiger partial charge in [-0.15, -0.1) is 0 Å². The summed E-state index contributed by atoms with van der Waals surface area (Å²) in [7, 11) is 0. The number of aryl methyl sites for hydroxylation is 1. The second-order valence-electron chi connectivity index (χ2n) is 6.48. The summed E-state index contributed by atoms with van der Waals surface area (Å²) in [4.78, 5) is 8.85. The third kappa shape index (κ3) is 5.39. The molecule has 0 atom stereocenters. The lowest BCUT2D eigenvalue weighted by molar-refractivity contribution is 0.625. The van der Waals surface area contributed by atoms with E-state index in [1.165, 1.54) is 12.4 Å². The molecule has 7 heteroatoms. The summed E-state index contributed by atoms with van der Waals surface area (Å²) >= 11 is 0. The minimum atomic E-state index is -0.198. The Labute approximate surface area is 164 Å². The molecular weight excluding hydrogens is 355 g/mol. The van der Waals surface area contributed by atoms with E-state index in [4.69, 9.17) is 0 Å². The van der Waals surface area contributed by atoms with Gasteiger partial charge in [0.1, 0.15) is 12.1 Å². The first-order chi connectivity index (χ1) is 13.7. The molecule has 0 spiro atoms. The lowest BCUT2D eigenvalue weighted by atomic mass is 10.1. The first-order valence-corrected chi connectivity index (χ1v) is 9.37. The molecule has 1 aromatic heterocycles. The first-order valence-electron chi connectivity index (χ1n) is 9.37. The van der Waals surface area contributed by atoms with Crippen LogP contribution >= 0.6 is 0 Å². The van der Waals surface area contributed by atoms with Gasteiger partial charge < -0.3 is 10.6 Å². The van der Waals surface area contributed by atoms with Crippen LogP contribution in [-0.2, 0) is 13.0 Å². The summed E-state index contributed by atoms with van der Waals surface area (Å²) < 4.78 is 13.2. The Morgan fingerprint density at radius 1 is 1.18 bits per heavy atom. The Hall–Kier alpha value is -3.22. The molecule has 1 heterocycles. The number of benzene rings is 2. The van der Waals surface area contributed by atoms with Gasteiger partial charge in [0.15, 0.2) is 11.8 Å². The molecule has 3 N–H and O–H groups in total. The van der Waals surface area contributed by atoms with E-state index < -0.39 is 0 Å². The summed E-state index contributed by atoms with van der Waals surface area (Å²) in [5.41, 5.74) is 4.16. The van der Waals surface area contributed by atoms with Crippen LogP contribution in [0.25, 0.3) is 11.4 Å². The van der Waals surface area contributed by atoms with Gasteiger partial charge in [0.2, 0.25) is 0 Å². The zero-order chi connectivity index (χ0) is 19.8. The highest BCUT2D eigenvalue weighted by molar-refractivity contribution is 5.79. The van der Waals surface area contributed by atoms with Crippen molar-refractivity contribution < 1.29 is 4.39 Å². The van der Waals surface area contributed by atoms with E-state index in [0.29, 0.717) is 6.54 Å². The predicted octanol–water partition coefficient (Wildman–Crippen LogP) is 3.22. The van der Waals surface area contributed by atoms with Gasteiger partial charge in [-0.2, -0.15) is 5.10 Å². The van der Waals surface area contributed by atoms with Crippen molar-refractivity contribution in [3.8, 4) is 11.4 Å². The van der Waals surface area contributed by atoms with Crippen LogP contribution in [0.5, 0.6) is 0 Å². The fourth-order valence-corrected chi connectivity index (χ4v) is 2.93. The molecule has 0 saturated carbocycles. The van der Waals surface area contributed by atoms with Crippen molar-refractivity contribution in [3.05, 3.63) is 71.3 Å². The second kappa shape index (κ2) is 9.64. The van der Waals surface area contributed by atoms with Crippen LogP contribution < -0.4 is 10.6 Å². The monoisotopic (exact) mass is 380 g/mol. The normalized spacial score (nSPS) is 11.5. The summed E-state index contributed by atoms with van der Waals surface area (Å²) in [5.74, 6) is 1.30. The molecule has 0 unspecified atom stereocenters. The summed E-state index contributed by atoms with van der Waals surface area (Å²) in [5, 5.41) is 13.4. The van der Waals surface area contributed by atoms with Gasteiger partial charge in [-0.1, -0.05) is 24.3 Å². The fraction of sp³-hybridized carbons (Fsp3) is 0.286. The molecule has 0 fully saturated rings. The average Bonchev–Trinajstić information content (AvgIpc) is 3.23. The van der Waals surface area contributed by atoms with Crippen molar-refractivity contribution in [2.24, 2.45) is 4.99 Å². The number of aromatic amines is 1. The number of nitrogens with one attached hydrogen (secondary N) is 3. The van der Waals surface area contributed by atoms with Crippen LogP contribution in [0.15, 0.2) is 53.8 Å². The van der Waals surface area contributed by atoms with Crippen molar-refractivity contribution in [3.63, 3.8) is 0 Å². The fourth-order valence-electron chi connectivity index (χ4n) is 2.93. The van der Waals surface area contributed by atoms with E-state index in [2.05, 4.69) is 36.9 Å². The molecule has 0 bridgehead atoms. The number of nitrogens with zero attached hydrogens (tertiary/aromatic N) is 3. The average molecular weight is 380 g/mol. The Morgan fingerprint density at radius 2 is 2.07 bits per heavy atom. The van der Waals surface area contributed by atoms with Crippen LogP contribution in [0.3, 0.4) is 0 Å². The van der Waals surface area contributed by atoms with Gasteiger partial charge in [0.25, 0.3) is 0 Å². The molecule has 0 saturated heterocycles. The Kier molecular flexibility index (Phi) is 6.73. The SMILES string of the molecule is CCNC(=NCc1cccc(-c2ncn[nH]2)c1)NCCc1ccc(F)cc1C. The lowest BCUT2D eigenvalue weighted by Crippen LogP contribution is -2.38. The van der Waals surface area contributed by atoms with Crippen molar-refractivity contribution in [1.82, 2.24) is 25.8 Å². The highest BCUT2D eigenvalue weighted by atomic mass is 19.1. The van der Waals surface area contributed by atoms with Crippen LogP contribution in [0.4, 0.5) is 4.39 Å². The summed E-state index contributed by atoms with van der Waals surface area (Å²) in [6.07, 6.45) is 2.30. The zero-order valence-corrected chi connectivity index (χ0v) is 16.2. The highest BCUT2D eigenvalue weighted by Gasteiger charge is 2.04. The molecule has 2 aromatic carbocycles. The van der Waals surface area contributed by atoms with Crippen molar-refractivity contribution >= 4 is 5.96 Å². The number of guanidine groups is 1. The number of rotatable bonds is 7.